The number of benzene rings is 2. The van der Waals surface area contributed by atoms with Gasteiger partial charge in [-0.2, -0.15) is 5.10 Å². The molecule has 2 aromatic rings. The van der Waals surface area contributed by atoms with Crippen LogP contribution in [0.3, 0.4) is 0 Å². The summed E-state index contributed by atoms with van der Waals surface area (Å²) >= 11 is 0. The molecule has 0 radical (unpaired) electrons. The first-order chi connectivity index (χ1) is 12.0. The Kier molecular flexibility index (Phi) is 6.46. The van der Waals surface area contributed by atoms with E-state index in [1.54, 1.807) is 4.90 Å². The number of Topliss-reactive ketones (excluding diaryl/α,β-unsaturated/α-hetero) is 1. The van der Waals surface area contributed by atoms with E-state index in [4.69, 9.17) is 0 Å². The van der Waals surface area contributed by atoms with E-state index in [1.165, 1.54) is 6.92 Å². The standard InChI is InChI=1S/C20H23N3O2/c1-15(2)23(14-17-10-6-4-7-11-17)20(25)19(16(3)24)22-21-18-12-8-5-9-13-18/h4-13,15,21H,14H2,1-3H3. The molecule has 25 heavy (non-hydrogen) atoms. The van der Waals surface area contributed by atoms with Crippen LogP contribution in [0.4, 0.5) is 5.69 Å². The molecule has 0 aliphatic rings. The van der Waals surface area contributed by atoms with Gasteiger partial charge in [0.05, 0.1) is 5.69 Å². The van der Waals surface area contributed by atoms with Crippen molar-refractivity contribution in [2.24, 2.45) is 5.10 Å². The number of para-hydroxylation sites is 1. The van der Waals surface area contributed by atoms with Gasteiger partial charge < -0.3 is 4.90 Å². The molecule has 2 aromatic carbocycles. The zero-order chi connectivity index (χ0) is 18.2. The maximum atomic E-state index is 12.9. The SMILES string of the molecule is CC(=O)C(=NNc1ccccc1)C(=O)N(Cc1ccccc1)C(C)C. The van der Waals surface area contributed by atoms with Gasteiger partial charge in [0.1, 0.15) is 0 Å². The maximum Gasteiger partial charge on any atom is 0.278 e. The number of nitrogens with one attached hydrogen (secondary N) is 1. The molecule has 5 heteroatoms. The summed E-state index contributed by atoms with van der Waals surface area (Å²) in [6, 6.07) is 18.8. The molecule has 0 atom stereocenters. The van der Waals surface area contributed by atoms with Crippen molar-refractivity contribution in [3.05, 3.63) is 66.2 Å². The van der Waals surface area contributed by atoms with Crippen molar-refractivity contribution in [1.82, 2.24) is 4.90 Å². The van der Waals surface area contributed by atoms with Crippen molar-refractivity contribution in [3.63, 3.8) is 0 Å². The zero-order valence-corrected chi connectivity index (χ0v) is 14.8. The number of hydrogen-bond acceptors (Lipinski definition) is 4. The lowest BCUT2D eigenvalue weighted by molar-refractivity contribution is -0.127. The Morgan fingerprint density at radius 2 is 1.56 bits per heavy atom. The molecule has 0 saturated heterocycles. The fourth-order valence-electron chi connectivity index (χ4n) is 2.32. The second-order valence-electron chi connectivity index (χ2n) is 6.01. The Balaban J connectivity index is 2.22. The van der Waals surface area contributed by atoms with Gasteiger partial charge in [-0.25, -0.2) is 0 Å². The maximum absolute atomic E-state index is 12.9. The molecule has 0 fully saturated rings. The molecular weight excluding hydrogens is 314 g/mol. The summed E-state index contributed by atoms with van der Waals surface area (Å²) in [7, 11) is 0. The number of ketones is 1. The highest BCUT2D eigenvalue weighted by Gasteiger charge is 2.25. The molecule has 130 valence electrons. The fourth-order valence-corrected chi connectivity index (χ4v) is 2.32. The molecule has 0 unspecified atom stereocenters. The molecule has 0 spiro atoms. The molecular formula is C20H23N3O2. The van der Waals surface area contributed by atoms with Crippen LogP contribution >= 0.6 is 0 Å². The third kappa shape index (κ3) is 5.28. The first kappa shape index (κ1) is 18.4. The molecule has 0 aliphatic carbocycles. The first-order valence-corrected chi connectivity index (χ1v) is 8.23. The number of hydrazone groups is 1. The summed E-state index contributed by atoms with van der Waals surface area (Å²) in [6.45, 7) is 5.62. The van der Waals surface area contributed by atoms with E-state index >= 15 is 0 Å². The van der Waals surface area contributed by atoms with E-state index in [9.17, 15) is 9.59 Å². The molecule has 5 nitrogen and oxygen atoms in total. The molecule has 0 aromatic heterocycles. The monoisotopic (exact) mass is 337 g/mol. The van der Waals surface area contributed by atoms with Crippen LogP contribution in [0.5, 0.6) is 0 Å². The van der Waals surface area contributed by atoms with Crippen LogP contribution in [0.15, 0.2) is 65.8 Å². The van der Waals surface area contributed by atoms with Crippen LogP contribution in [0, 0.1) is 0 Å². The van der Waals surface area contributed by atoms with E-state index in [0.29, 0.717) is 12.2 Å². The lowest BCUT2D eigenvalue weighted by atomic mass is 10.1. The minimum atomic E-state index is -0.380. The van der Waals surface area contributed by atoms with Gasteiger partial charge in [0.15, 0.2) is 11.5 Å². The van der Waals surface area contributed by atoms with Gasteiger partial charge in [0.2, 0.25) is 0 Å². The topological polar surface area (TPSA) is 61.8 Å². The number of carbonyl (C=O) groups is 2. The highest BCUT2D eigenvalue weighted by atomic mass is 16.2. The lowest BCUT2D eigenvalue weighted by Gasteiger charge is -2.27. The molecule has 0 aliphatic heterocycles. The summed E-state index contributed by atoms with van der Waals surface area (Å²) < 4.78 is 0. The number of carbonyl (C=O) groups excluding carboxylic acids is 2. The normalized spacial score (nSPS) is 11.3. The van der Waals surface area contributed by atoms with Gasteiger partial charge in [0, 0.05) is 19.5 Å². The van der Waals surface area contributed by atoms with Gasteiger partial charge in [-0.1, -0.05) is 48.5 Å². The third-order valence-corrected chi connectivity index (χ3v) is 3.69. The van der Waals surface area contributed by atoms with Crippen LogP contribution in [0.1, 0.15) is 26.3 Å². The smallest absolute Gasteiger partial charge is 0.278 e. The van der Waals surface area contributed by atoms with Crippen molar-refractivity contribution >= 4 is 23.1 Å². The van der Waals surface area contributed by atoms with Crippen molar-refractivity contribution < 1.29 is 9.59 Å². The van der Waals surface area contributed by atoms with Crippen molar-refractivity contribution in [2.75, 3.05) is 5.43 Å². The summed E-state index contributed by atoms with van der Waals surface area (Å²) in [6.07, 6.45) is 0. The quantitative estimate of drug-likeness (QED) is 0.478. The summed E-state index contributed by atoms with van der Waals surface area (Å²) in [5, 5.41) is 4.06. The Hall–Kier alpha value is -2.95. The van der Waals surface area contributed by atoms with Gasteiger partial charge in [-0.05, 0) is 31.5 Å². The molecule has 0 heterocycles. The zero-order valence-electron chi connectivity index (χ0n) is 14.8. The van der Waals surface area contributed by atoms with E-state index in [-0.39, 0.29) is 23.4 Å². The van der Waals surface area contributed by atoms with Gasteiger partial charge in [0.25, 0.3) is 5.91 Å². The second-order valence-corrected chi connectivity index (χ2v) is 6.01. The Morgan fingerprint density at radius 1 is 1.00 bits per heavy atom. The molecule has 1 N–H and O–H groups in total. The third-order valence-electron chi connectivity index (χ3n) is 3.69. The Bertz CT molecular complexity index is 740. The van der Waals surface area contributed by atoms with Crippen LogP contribution in [-0.2, 0) is 16.1 Å². The number of nitrogens with zero attached hydrogens (tertiary/aromatic N) is 2. The summed E-state index contributed by atoms with van der Waals surface area (Å²) in [5.74, 6) is -0.748. The predicted molar refractivity (Wildman–Crippen MR) is 100 cm³/mol. The Morgan fingerprint density at radius 3 is 2.08 bits per heavy atom. The van der Waals surface area contributed by atoms with Gasteiger partial charge in [-0.3, -0.25) is 15.0 Å². The van der Waals surface area contributed by atoms with E-state index < -0.39 is 0 Å². The summed E-state index contributed by atoms with van der Waals surface area (Å²) in [5.41, 5.74) is 4.40. The molecule has 0 saturated carbocycles. The minimum absolute atomic E-state index is 0.0611. The van der Waals surface area contributed by atoms with Crippen molar-refractivity contribution in [3.8, 4) is 0 Å². The largest absolute Gasteiger partial charge is 0.330 e. The number of rotatable bonds is 7. The van der Waals surface area contributed by atoms with E-state index in [2.05, 4.69) is 10.5 Å². The Labute approximate surface area is 148 Å². The minimum Gasteiger partial charge on any atom is -0.330 e. The average molecular weight is 337 g/mol. The lowest BCUT2D eigenvalue weighted by Crippen LogP contribution is -2.43. The van der Waals surface area contributed by atoms with Crippen molar-refractivity contribution in [2.45, 2.75) is 33.4 Å². The predicted octanol–water partition coefficient (Wildman–Crippen LogP) is 3.48. The number of hydrogen-bond donors (Lipinski definition) is 1. The van der Waals surface area contributed by atoms with Gasteiger partial charge in [-0.15, -0.1) is 0 Å². The first-order valence-electron chi connectivity index (χ1n) is 8.23. The number of anilines is 1. The number of amides is 1. The fraction of sp³-hybridized carbons (Fsp3) is 0.250. The summed E-state index contributed by atoms with van der Waals surface area (Å²) in [4.78, 5) is 26.5. The van der Waals surface area contributed by atoms with Gasteiger partial charge >= 0.3 is 0 Å². The highest BCUT2D eigenvalue weighted by molar-refractivity contribution is 6.65. The van der Waals surface area contributed by atoms with E-state index in [1.807, 2.05) is 74.5 Å². The second kappa shape index (κ2) is 8.78. The van der Waals surface area contributed by atoms with Crippen LogP contribution in [0.25, 0.3) is 0 Å². The molecule has 0 bridgehead atoms. The van der Waals surface area contributed by atoms with Crippen LogP contribution < -0.4 is 5.43 Å². The molecule has 2 rings (SSSR count). The van der Waals surface area contributed by atoms with Crippen LogP contribution in [0.2, 0.25) is 0 Å². The molecule has 1 amide bonds. The van der Waals surface area contributed by atoms with Crippen LogP contribution in [-0.4, -0.2) is 28.3 Å². The van der Waals surface area contributed by atoms with Crippen molar-refractivity contribution in [1.29, 1.82) is 0 Å². The highest BCUT2D eigenvalue weighted by Crippen LogP contribution is 2.11. The average Bonchev–Trinajstić information content (AvgIpc) is 2.61. The van der Waals surface area contributed by atoms with E-state index in [0.717, 1.165) is 5.56 Å².